The quantitative estimate of drug-likeness (QED) is 0.553. The van der Waals surface area contributed by atoms with Gasteiger partial charge in [0.1, 0.15) is 0 Å². The molecule has 0 amide bonds. The predicted octanol–water partition coefficient (Wildman–Crippen LogP) is 0.881. The Bertz CT molecular complexity index is 304. The molecule has 5 heteroatoms. The molecule has 0 aliphatic heterocycles. The van der Waals surface area contributed by atoms with Crippen molar-refractivity contribution >= 4 is 14.0 Å². The first-order chi connectivity index (χ1) is 8.29. The van der Waals surface area contributed by atoms with E-state index in [0.717, 1.165) is 18.0 Å². The summed E-state index contributed by atoms with van der Waals surface area (Å²) in [6.45, 7) is 1.29. The summed E-state index contributed by atoms with van der Waals surface area (Å²) in [5.74, 6) is 0. The Labute approximate surface area is 104 Å². The standard InChI is InChI=1S/C12H21NO3Si/c1-14-17(15-2,16-11-7-6-10-13)12-8-4-3-5-9-12/h3-5,8-9H,6-7,10-11,13H2,1-2H3. The predicted molar refractivity (Wildman–Crippen MR) is 70.1 cm³/mol. The van der Waals surface area contributed by atoms with Crippen molar-refractivity contribution in [3.05, 3.63) is 30.3 Å². The van der Waals surface area contributed by atoms with Gasteiger partial charge in [0, 0.05) is 26.0 Å². The van der Waals surface area contributed by atoms with E-state index >= 15 is 0 Å². The molecule has 1 aromatic carbocycles. The Hall–Kier alpha value is -0.723. The van der Waals surface area contributed by atoms with Crippen LogP contribution >= 0.6 is 0 Å². The van der Waals surface area contributed by atoms with E-state index in [-0.39, 0.29) is 0 Å². The van der Waals surface area contributed by atoms with Crippen molar-refractivity contribution in [2.45, 2.75) is 12.8 Å². The van der Waals surface area contributed by atoms with Gasteiger partial charge in [0.25, 0.3) is 0 Å². The maximum absolute atomic E-state index is 5.86. The molecular formula is C12H21NO3Si. The summed E-state index contributed by atoms with van der Waals surface area (Å²) in [5.41, 5.74) is 5.45. The van der Waals surface area contributed by atoms with Crippen LogP contribution in [0.1, 0.15) is 12.8 Å². The third kappa shape index (κ3) is 3.90. The highest BCUT2D eigenvalue weighted by Gasteiger charge is 2.41. The number of benzene rings is 1. The van der Waals surface area contributed by atoms with E-state index in [2.05, 4.69) is 0 Å². The second-order valence-corrected chi connectivity index (χ2v) is 6.47. The number of hydrogen-bond acceptors (Lipinski definition) is 4. The largest absolute Gasteiger partial charge is 0.536 e. The van der Waals surface area contributed by atoms with Crippen molar-refractivity contribution in [3.63, 3.8) is 0 Å². The van der Waals surface area contributed by atoms with E-state index in [1.165, 1.54) is 0 Å². The zero-order valence-electron chi connectivity index (χ0n) is 10.5. The van der Waals surface area contributed by atoms with Crippen molar-refractivity contribution in [2.75, 3.05) is 27.4 Å². The maximum Gasteiger partial charge on any atom is 0.536 e. The lowest BCUT2D eigenvalue weighted by Crippen LogP contribution is -2.55. The van der Waals surface area contributed by atoms with Crippen LogP contribution in [0.3, 0.4) is 0 Å². The zero-order chi connectivity index (χ0) is 12.6. The first kappa shape index (κ1) is 14.3. The molecule has 0 heterocycles. The van der Waals surface area contributed by atoms with Crippen LogP contribution in [0, 0.1) is 0 Å². The van der Waals surface area contributed by atoms with E-state index in [9.17, 15) is 0 Å². The van der Waals surface area contributed by atoms with Gasteiger partial charge in [-0.2, -0.15) is 0 Å². The average molecular weight is 255 g/mol. The van der Waals surface area contributed by atoms with E-state index in [1.807, 2.05) is 30.3 Å². The van der Waals surface area contributed by atoms with Gasteiger partial charge in [-0.1, -0.05) is 30.3 Å². The summed E-state index contributed by atoms with van der Waals surface area (Å²) in [6, 6.07) is 9.82. The van der Waals surface area contributed by atoms with E-state index in [0.29, 0.717) is 13.2 Å². The van der Waals surface area contributed by atoms with Gasteiger partial charge in [0.05, 0.1) is 0 Å². The molecule has 4 nitrogen and oxygen atoms in total. The van der Waals surface area contributed by atoms with Gasteiger partial charge in [-0.3, -0.25) is 0 Å². The monoisotopic (exact) mass is 255 g/mol. The van der Waals surface area contributed by atoms with Gasteiger partial charge in [-0.25, -0.2) is 0 Å². The lowest BCUT2D eigenvalue weighted by atomic mass is 10.3. The molecule has 0 aromatic heterocycles. The summed E-state index contributed by atoms with van der Waals surface area (Å²) in [7, 11) is 0.551. The SMILES string of the molecule is CO[Si](OC)(OCCCCN)c1ccccc1. The minimum Gasteiger partial charge on any atom is -0.373 e. The fourth-order valence-electron chi connectivity index (χ4n) is 1.62. The van der Waals surface area contributed by atoms with Gasteiger partial charge >= 0.3 is 8.80 Å². The van der Waals surface area contributed by atoms with Crippen LogP contribution in [0.5, 0.6) is 0 Å². The summed E-state index contributed by atoms with van der Waals surface area (Å²) in [5, 5.41) is 0.984. The second-order valence-electron chi connectivity index (χ2n) is 3.67. The third-order valence-corrected chi connectivity index (χ3v) is 5.25. The number of nitrogens with two attached hydrogens (primary N) is 1. The number of hydrogen-bond donors (Lipinski definition) is 1. The molecule has 0 radical (unpaired) electrons. The van der Waals surface area contributed by atoms with Crippen molar-refractivity contribution in [1.29, 1.82) is 0 Å². The highest BCUT2D eigenvalue weighted by molar-refractivity contribution is 6.75. The molecule has 0 unspecified atom stereocenters. The molecule has 17 heavy (non-hydrogen) atoms. The van der Waals surface area contributed by atoms with Crippen LogP contribution in [0.4, 0.5) is 0 Å². The first-order valence-electron chi connectivity index (χ1n) is 5.79. The van der Waals surface area contributed by atoms with Crippen LogP contribution < -0.4 is 10.9 Å². The number of rotatable bonds is 8. The van der Waals surface area contributed by atoms with Crippen molar-refractivity contribution in [2.24, 2.45) is 5.73 Å². The molecule has 0 aliphatic rings. The lowest BCUT2D eigenvalue weighted by Gasteiger charge is -2.26. The van der Waals surface area contributed by atoms with Crippen LogP contribution in [0.15, 0.2) is 30.3 Å². The molecule has 0 atom stereocenters. The van der Waals surface area contributed by atoms with Crippen LogP contribution in [-0.4, -0.2) is 36.2 Å². The van der Waals surface area contributed by atoms with Crippen LogP contribution in [0.25, 0.3) is 0 Å². The fraction of sp³-hybridized carbons (Fsp3) is 0.500. The molecule has 0 fully saturated rings. The van der Waals surface area contributed by atoms with Crippen molar-refractivity contribution in [1.82, 2.24) is 0 Å². The summed E-state index contributed by atoms with van der Waals surface area (Å²) in [6.07, 6.45) is 1.87. The van der Waals surface area contributed by atoms with Gasteiger partial charge in [0.15, 0.2) is 0 Å². The Morgan fingerprint density at radius 3 is 2.24 bits per heavy atom. The summed E-state index contributed by atoms with van der Waals surface area (Å²) >= 11 is 0. The first-order valence-corrected chi connectivity index (χ1v) is 7.51. The molecule has 0 aliphatic carbocycles. The smallest absolute Gasteiger partial charge is 0.373 e. The van der Waals surface area contributed by atoms with Crippen molar-refractivity contribution < 1.29 is 13.3 Å². The van der Waals surface area contributed by atoms with E-state index < -0.39 is 8.80 Å². The molecular weight excluding hydrogens is 234 g/mol. The Morgan fingerprint density at radius 1 is 1.06 bits per heavy atom. The highest BCUT2D eigenvalue weighted by Crippen LogP contribution is 2.09. The summed E-state index contributed by atoms with van der Waals surface area (Å²) < 4.78 is 16.9. The van der Waals surface area contributed by atoms with Crippen molar-refractivity contribution in [3.8, 4) is 0 Å². The zero-order valence-corrected chi connectivity index (χ0v) is 11.5. The molecule has 2 N–H and O–H groups in total. The van der Waals surface area contributed by atoms with Crippen LogP contribution in [-0.2, 0) is 13.3 Å². The maximum atomic E-state index is 5.86. The Balaban J connectivity index is 2.68. The molecule has 0 bridgehead atoms. The van der Waals surface area contributed by atoms with Gasteiger partial charge in [0.2, 0.25) is 0 Å². The van der Waals surface area contributed by atoms with Gasteiger partial charge in [-0.15, -0.1) is 0 Å². The molecule has 0 spiro atoms. The lowest BCUT2D eigenvalue weighted by molar-refractivity contribution is 0.112. The Kier molecular flexibility index (Phi) is 6.39. The highest BCUT2D eigenvalue weighted by atomic mass is 28.4. The average Bonchev–Trinajstić information content (AvgIpc) is 2.41. The normalized spacial score (nSPS) is 11.7. The third-order valence-electron chi connectivity index (χ3n) is 2.56. The molecule has 1 aromatic rings. The minimum atomic E-state index is -2.71. The molecule has 1 rings (SSSR count). The van der Waals surface area contributed by atoms with E-state index in [1.54, 1.807) is 14.2 Å². The second kappa shape index (κ2) is 7.57. The fourth-order valence-corrected chi connectivity index (χ4v) is 3.67. The van der Waals surface area contributed by atoms with Crippen LogP contribution in [0.2, 0.25) is 0 Å². The van der Waals surface area contributed by atoms with E-state index in [4.69, 9.17) is 19.0 Å². The molecule has 96 valence electrons. The topological polar surface area (TPSA) is 53.7 Å². The number of unbranched alkanes of at least 4 members (excludes halogenated alkanes) is 1. The van der Waals surface area contributed by atoms with Gasteiger partial charge < -0.3 is 19.0 Å². The van der Waals surface area contributed by atoms with Gasteiger partial charge in [-0.05, 0) is 19.4 Å². The summed E-state index contributed by atoms with van der Waals surface area (Å²) in [4.78, 5) is 0. The molecule has 0 saturated heterocycles. The minimum absolute atomic E-state index is 0.611. The Morgan fingerprint density at radius 2 is 1.71 bits per heavy atom. The molecule has 0 saturated carbocycles.